The maximum Gasteiger partial charge on any atom is 0.277 e. The van der Waals surface area contributed by atoms with Gasteiger partial charge in [-0.05, 0) is 36.4 Å². The van der Waals surface area contributed by atoms with Gasteiger partial charge in [-0.2, -0.15) is 0 Å². The van der Waals surface area contributed by atoms with Crippen LogP contribution in [0, 0.1) is 0 Å². The molecular formula is C17H13BrN6O2S. The van der Waals surface area contributed by atoms with Crippen LogP contribution in [0.2, 0.25) is 0 Å². The zero-order chi connectivity index (χ0) is 18.6. The predicted molar refractivity (Wildman–Crippen MR) is 104 cm³/mol. The first kappa shape index (κ1) is 17.7. The molecule has 2 heterocycles. The number of para-hydroxylation sites is 1. The van der Waals surface area contributed by atoms with Crippen molar-refractivity contribution in [1.82, 2.24) is 25.2 Å². The normalized spacial score (nSPS) is 11.0. The van der Waals surface area contributed by atoms with E-state index in [2.05, 4.69) is 41.8 Å². The molecule has 0 unspecified atom stereocenters. The first-order chi connectivity index (χ1) is 13.2. The Morgan fingerprint density at radius 3 is 2.78 bits per heavy atom. The Morgan fingerprint density at radius 1 is 1.11 bits per heavy atom. The SMILES string of the molecule is O=C(CSc1nnc(Cn2nnc3ccccc32)o1)Nc1ccc(Br)cc1. The molecule has 0 fully saturated rings. The number of fused-ring (bicyclic) bond motifs is 1. The van der Waals surface area contributed by atoms with Crippen molar-refractivity contribution < 1.29 is 9.21 Å². The number of nitrogens with zero attached hydrogens (tertiary/aromatic N) is 5. The molecule has 4 rings (SSSR count). The van der Waals surface area contributed by atoms with Crippen LogP contribution in [0.1, 0.15) is 5.89 Å². The number of carbonyl (C=O) groups is 1. The van der Waals surface area contributed by atoms with E-state index in [1.165, 1.54) is 11.8 Å². The van der Waals surface area contributed by atoms with Crippen LogP contribution < -0.4 is 5.32 Å². The smallest absolute Gasteiger partial charge is 0.277 e. The lowest BCUT2D eigenvalue weighted by atomic mass is 10.3. The summed E-state index contributed by atoms with van der Waals surface area (Å²) in [6, 6.07) is 15.0. The molecule has 2 aromatic heterocycles. The summed E-state index contributed by atoms with van der Waals surface area (Å²) in [5.74, 6) is 0.426. The van der Waals surface area contributed by atoms with E-state index in [1.807, 2.05) is 48.5 Å². The maximum atomic E-state index is 12.0. The Kier molecular flexibility index (Phi) is 5.16. The number of aromatic nitrogens is 5. The van der Waals surface area contributed by atoms with Gasteiger partial charge in [0, 0.05) is 10.2 Å². The zero-order valence-electron chi connectivity index (χ0n) is 13.9. The number of hydrogen-bond acceptors (Lipinski definition) is 7. The third-order valence-electron chi connectivity index (χ3n) is 3.61. The summed E-state index contributed by atoms with van der Waals surface area (Å²) in [5.41, 5.74) is 2.42. The minimum absolute atomic E-state index is 0.149. The van der Waals surface area contributed by atoms with Crippen LogP contribution in [0.5, 0.6) is 0 Å². The summed E-state index contributed by atoms with van der Waals surface area (Å²) in [5, 5.41) is 19.3. The highest BCUT2D eigenvalue weighted by atomic mass is 79.9. The Labute approximate surface area is 166 Å². The fourth-order valence-corrected chi connectivity index (χ4v) is 3.23. The molecular weight excluding hydrogens is 432 g/mol. The summed E-state index contributed by atoms with van der Waals surface area (Å²) in [6.45, 7) is 0.319. The Balaban J connectivity index is 1.34. The molecule has 1 amide bonds. The third-order valence-corrected chi connectivity index (χ3v) is 4.96. The van der Waals surface area contributed by atoms with Gasteiger partial charge >= 0.3 is 0 Å². The number of amides is 1. The number of thioether (sulfide) groups is 1. The van der Waals surface area contributed by atoms with Crippen molar-refractivity contribution >= 4 is 50.3 Å². The molecule has 0 aliphatic heterocycles. The van der Waals surface area contributed by atoms with Crippen LogP contribution in [0.4, 0.5) is 5.69 Å². The highest BCUT2D eigenvalue weighted by Gasteiger charge is 2.12. The summed E-state index contributed by atoms with van der Waals surface area (Å²) in [6.07, 6.45) is 0. The van der Waals surface area contributed by atoms with Gasteiger partial charge in [-0.1, -0.05) is 45.0 Å². The zero-order valence-corrected chi connectivity index (χ0v) is 16.3. The minimum Gasteiger partial charge on any atom is -0.414 e. The fourth-order valence-electron chi connectivity index (χ4n) is 2.38. The van der Waals surface area contributed by atoms with Gasteiger partial charge in [0.25, 0.3) is 5.22 Å². The number of benzene rings is 2. The van der Waals surface area contributed by atoms with Gasteiger partial charge in [-0.25, -0.2) is 4.68 Å². The van der Waals surface area contributed by atoms with Crippen molar-refractivity contribution in [2.45, 2.75) is 11.8 Å². The predicted octanol–water partition coefficient (Wildman–Crippen LogP) is 3.36. The first-order valence-corrected chi connectivity index (χ1v) is 9.74. The topological polar surface area (TPSA) is 98.7 Å². The second-order valence-corrected chi connectivity index (χ2v) is 7.38. The van der Waals surface area contributed by atoms with Gasteiger partial charge in [0.2, 0.25) is 11.8 Å². The Hall–Kier alpha value is -2.72. The molecule has 27 heavy (non-hydrogen) atoms. The van der Waals surface area contributed by atoms with Gasteiger partial charge in [-0.15, -0.1) is 15.3 Å². The number of halogens is 1. The molecule has 8 nitrogen and oxygen atoms in total. The average molecular weight is 445 g/mol. The summed E-state index contributed by atoms with van der Waals surface area (Å²) < 4.78 is 8.23. The van der Waals surface area contributed by atoms with Crippen LogP contribution >= 0.6 is 27.7 Å². The van der Waals surface area contributed by atoms with Crippen LogP contribution in [0.25, 0.3) is 11.0 Å². The van der Waals surface area contributed by atoms with Crippen LogP contribution in [0.3, 0.4) is 0 Å². The van der Waals surface area contributed by atoms with Gasteiger partial charge < -0.3 is 9.73 Å². The third kappa shape index (κ3) is 4.34. The van der Waals surface area contributed by atoms with Crippen molar-refractivity contribution in [2.75, 3.05) is 11.1 Å². The number of carbonyl (C=O) groups excluding carboxylic acids is 1. The standard InChI is InChI=1S/C17H13BrN6O2S/c18-11-5-7-12(8-6-11)19-15(25)10-27-17-22-21-16(26-17)9-24-14-4-2-1-3-13(14)20-23-24/h1-8H,9-10H2,(H,19,25). The molecule has 0 radical (unpaired) electrons. The second kappa shape index (κ2) is 7.89. The largest absolute Gasteiger partial charge is 0.414 e. The van der Waals surface area contributed by atoms with E-state index < -0.39 is 0 Å². The second-order valence-electron chi connectivity index (χ2n) is 5.54. The van der Waals surface area contributed by atoms with Crippen molar-refractivity contribution in [3.05, 3.63) is 58.9 Å². The monoisotopic (exact) mass is 444 g/mol. The van der Waals surface area contributed by atoms with E-state index in [4.69, 9.17) is 4.42 Å². The number of rotatable bonds is 6. The molecule has 0 saturated heterocycles. The lowest BCUT2D eigenvalue weighted by molar-refractivity contribution is -0.113. The van der Waals surface area contributed by atoms with Crippen LogP contribution in [-0.4, -0.2) is 36.9 Å². The van der Waals surface area contributed by atoms with Gasteiger partial charge in [0.05, 0.1) is 11.3 Å². The molecule has 0 atom stereocenters. The van der Waals surface area contributed by atoms with Gasteiger partial charge in [0.15, 0.2) is 0 Å². The highest BCUT2D eigenvalue weighted by molar-refractivity contribution is 9.10. The van der Waals surface area contributed by atoms with Crippen molar-refractivity contribution in [1.29, 1.82) is 0 Å². The van der Waals surface area contributed by atoms with Crippen molar-refractivity contribution in [3.8, 4) is 0 Å². The molecule has 2 aromatic carbocycles. The molecule has 0 aliphatic carbocycles. The summed E-state index contributed by atoms with van der Waals surface area (Å²) in [4.78, 5) is 12.0. The molecule has 0 saturated carbocycles. The fraction of sp³-hybridized carbons (Fsp3) is 0.118. The molecule has 0 spiro atoms. The Bertz CT molecular complexity index is 1080. The number of anilines is 1. The number of hydrogen-bond donors (Lipinski definition) is 1. The van der Waals surface area contributed by atoms with Gasteiger partial charge in [-0.3, -0.25) is 4.79 Å². The van der Waals surface area contributed by atoms with E-state index in [-0.39, 0.29) is 11.7 Å². The molecule has 10 heteroatoms. The minimum atomic E-state index is -0.149. The van der Waals surface area contributed by atoms with E-state index >= 15 is 0 Å². The Morgan fingerprint density at radius 2 is 1.93 bits per heavy atom. The van der Waals surface area contributed by atoms with Crippen LogP contribution in [-0.2, 0) is 11.3 Å². The van der Waals surface area contributed by atoms with Crippen molar-refractivity contribution in [2.24, 2.45) is 0 Å². The quantitative estimate of drug-likeness (QED) is 0.455. The highest BCUT2D eigenvalue weighted by Crippen LogP contribution is 2.19. The van der Waals surface area contributed by atoms with Crippen molar-refractivity contribution in [3.63, 3.8) is 0 Å². The maximum absolute atomic E-state index is 12.0. The molecule has 0 bridgehead atoms. The van der Waals surface area contributed by atoms with Crippen LogP contribution in [0.15, 0.2) is 62.6 Å². The lowest BCUT2D eigenvalue weighted by Crippen LogP contribution is -2.13. The molecule has 0 aliphatic rings. The molecule has 1 N–H and O–H groups in total. The van der Waals surface area contributed by atoms with E-state index in [9.17, 15) is 4.79 Å². The van der Waals surface area contributed by atoms with E-state index in [0.717, 1.165) is 21.2 Å². The molecule has 4 aromatic rings. The van der Waals surface area contributed by atoms with E-state index in [1.54, 1.807) is 4.68 Å². The average Bonchev–Trinajstić information content (AvgIpc) is 3.30. The van der Waals surface area contributed by atoms with Gasteiger partial charge in [0.1, 0.15) is 12.1 Å². The first-order valence-electron chi connectivity index (χ1n) is 7.96. The van der Waals surface area contributed by atoms with E-state index in [0.29, 0.717) is 17.7 Å². The number of nitrogens with one attached hydrogen (secondary N) is 1. The molecule has 136 valence electrons. The summed E-state index contributed by atoms with van der Waals surface area (Å²) >= 11 is 4.54. The summed E-state index contributed by atoms with van der Waals surface area (Å²) in [7, 11) is 0. The lowest BCUT2D eigenvalue weighted by Gasteiger charge is -2.03.